The molecular weight excluding hydrogens is 218 g/mol. The van der Waals surface area contributed by atoms with E-state index in [2.05, 4.69) is 30.9 Å². The van der Waals surface area contributed by atoms with Gasteiger partial charge >= 0.3 is 0 Å². The van der Waals surface area contributed by atoms with Crippen LogP contribution in [0.4, 0.5) is 0 Å². The average Bonchev–Trinajstić information content (AvgIpc) is 2.29. The van der Waals surface area contributed by atoms with Crippen LogP contribution in [0, 0.1) is 5.92 Å². The second kappa shape index (κ2) is 9.32. The van der Waals surface area contributed by atoms with Crippen molar-refractivity contribution in [3.8, 4) is 0 Å². The van der Waals surface area contributed by atoms with Gasteiger partial charge in [-0.05, 0) is 38.1 Å². The Hall–Kier alpha value is 0.270. The first kappa shape index (κ1) is 14.3. The molecule has 0 atom stereocenters. The minimum atomic E-state index is 0.846. The summed E-state index contributed by atoms with van der Waals surface area (Å²) in [5.74, 6) is 2.10. The zero-order valence-electron chi connectivity index (χ0n) is 10.8. The first-order valence-corrected chi connectivity index (χ1v) is 7.74. The van der Waals surface area contributed by atoms with Gasteiger partial charge in [0.15, 0.2) is 0 Å². The molecule has 0 radical (unpaired) electrons. The predicted molar refractivity (Wildman–Crippen MR) is 73.2 cm³/mol. The lowest BCUT2D eigenvalue weighted by atomic mass is 10.1. The van der Waals surface area contributed by atoms with Gasteiger partial charge in [-0.1, -0.05) is 13.8 Å². The summed E-state index contributed by atoms with van der Waals surface area (Å²) in [5, 5.41) is 4.38. The van der Waals surface area contributed by atoms with Gasteiger partial charge in [0.1, 0.15) is 0 Å². The number of thioether (sulfide) groups is 1. The molecule has 0 aromatic carbocycles. The van der Waals surface area contributed by atoms with Gasteiger partial charge in [-0.2, -0.15) is 11.8 Å². The fourth-order valence-corrected chi connectivity index (χ4v) is 3.02. The Morgan fingerprint density at radius 1 is 1.25 bits per heavy atom. The average molecular weight is 245 g/mol. The van der Waals surface area contributed by atoms with Crippen LogP contribution >= 0.6 is 11.8 Å². The highest BCUT2D eigenvalue weighted by Gasteiger charge is 2.13. The standard InChI is InChI=1S/C13H27NOS/c1-12(2)4-3-7-14-8-11-16-13-5-9-15-10-6-13/h12-14H,3-11H2,1-2H3. The van der Waals surface area contributed by atoms with Crippen LogP contribution in [0.1, 0.15) is 39.5 Å². The maximum atomic E-state index is 5.35. The number of ether oxygens (including phenoxy) is 1. The van der Waals surface area contributed by atoms with Crippen LogP contribution in [0.5, 0.6) is 0 Å². The van der Waals surface area contributed by atoms with E-state index in [1.54, 1.807) is 0 Å². The van der Waals surface area contributed by atoms with Crippen LogP contribution in [0.3, 0.4) is 0 Å². The molecule has 2 nitrogen and oxygen atoms in total. The molecule has 1 rings (SSSR count). The van der Waals surface area contributed by atoms with Crippen molar-refractivity contribution in [2.75, 3.05) is 32.1 Å². The van der Waals surface area contributed by atoms with Crippen molar-refractivity contribution < 1.29 is 4.74 Å². The molecule has 1 heterocycles. The molecule has 1 fully saturated rings. The summed E-state index contributed by atoms with van der Waals surface area (Å²) < 4.78 is 5.35. The molecule has 0 aromatic heterocycles. The molecule has 0 aromatic rings. The quantitative estimate of drug-likeness (QED) is 0.664. The third-order valence-corrected chi connectivity index (χ3v) is 4.32. The number of rotatable bonds is 8. The lowest BCUT2D eigenvalue weighted by Crippen LogP contribution is -2.22. The third kappa shape index (κ3) is 7.53. The van der Waals surface area contributed by atoms with Crippen molar-refractivity contribution in [1.82, 2.24) is 5.32 Å². The van der Waals surface area contributed by atoms with Crippen molar-refractivity contribution in [1.29, 1.82) is 0 Å². The lowest BCUT2D eigenvalue weighted by Gasteiger charge is -2.21. The van der Waals surface area contributed by atoms with Crippen LogP contribution < -0.4 is 5.32 Å². The largest absolute Gasteiger partial charge is 0.381 e. The summed E-state index contributed by atoms with van der Waals surface area (Å²) in [5.41, 5.74) is 0. The topological polar surface area (TPSA) is 21.3 Å². The van der Waals surface area contributed by atoms with Gasteiger partial charge in [0.05, 0.1) is 0 Å². The number of hydrogen-bond acceptors (Lipinski definition) is 3. The van der Waals surface area contributed by atoms with Gasteiger partial charge in [-0.25, -0.2) is 0 Å². The minimum absolute atomic E-state index is 0.846. The highest BCUT2D eigenvalue weighted by molar-refractivity contribution is 7.99. The van der Waals surface area contributed by atoms with Crippen molar-refractivity contribution in [3.05, 3.63) is 0 Å². The van der Waals surface area contributed by atoms with Gasteiger partial charge in [0, 0.05) is 30.8 Å². The summed E-state index contributed by atoms with van der Waals surface area (Å²) >= 11 is 2.12. The van der Waals surface area contributed by atoms with E-state index in [4.69, 9.17) is 4.74 Å². The van der Waals surface area contributed by atoms with Crippen LogP contribution in [-0.4, -0.2) is 37.3 Å². The highest BCUT2D eigenvalue weighted by atomic mass is 32.2. The van der Waals surface area contributed by atoms with Crippen LogP contribution in [0.15, 0.2) is 0 Å². The molecule has 0 bridgehead atoms. The van der Waals surface area contributed by atoms with Gasteiger partial charge in [-0.15, -0.1) is 0 Å². The molecule has 0 amide bonds. The Morgan fingerprint density at radius 2 is 2.00 bits per heavy atom. The van der Waals surface area contributed by atoms with E-state index in [0.717, 1.165) is 24.4 Å². The molecule has 0 unspecified atom stereocenters. The number of nitrogens with one attached hydrogen (secondary N) is 1. The first-order chi connectivity index (χ1) is 7.79. The predicted octanol–water partition coefficient (Wildman–Crippen LogP) is 2.92. The molecule has 0 saturated carbocycles. The third-order valence-electron chi connectivity index (χ3n) is 2.94. The molecule has 1 aliphatic rings. The Bertz CT molecular complexity index is 158. The normalized spacial score (nSPS) is 18.2. The Balaban J connectivity index is 1.80. The van der Waals surface area contributed by atoms with Crippen LogP contribution in [-0.2, 0) is 4.74 Å². The molecule has 1 aliphatic heterocycles. The molecule has 0 spiro atoms. The van der Waals surface area contributed by atoms with Gasteiger partial charge in [0.25, 0.3) is 0 Å². The van der Waals surface area contributed by atoms with Gasteiger partial charge < -0.3 is 10.1 Å². The van der Waals surface area contributed by atoms with Crippen molar-refractivity contribution in [2.24, 2.45) is 5.92 Å². The van der Waals surface area contributed by atoms with Crippen LogP contribution in [0.2, 0.25) is 0 Å². The van der Waals surface area contributed by atoms with Crippen LogP contribution in [0.25, 0.3) is 0 Å². The lowest BCUT2D eigenvalue weighted by molar-refractivity contribution is 0.100. The maximum absolute atomic E-state index is 5.35. The molecular formula is C13H27NOS. The molecule has 96 valence electrons. The fraction of sp³-hybridized carbons (Fsp3) is 1.00. The van der Waals surface area contributed by atoms with E-state index in [0.29, 0.717) is 0 Å². The molecule has 1 N–H and O–H groups in total. The summed E-state index contributed by atoms with van der Waals surface area (Å²) in [6.07, 6.45) is 5.16. The Morgan fingerprint density at radius 3 is 2.69 bits per heavy atom. The smallest absolute Gasteiger partial charge is 0.0476 e. The van der Waals surface area contributed by atoms with E-state index in [9.17, 15) is 0 Å². The molecule has 1 saturated heterocycles. The Labute approximate surface area is 105 Å². The van der Waals surface area contributed by atoms with E-state index in [-0.39, 0.29) is 0 Å². The molecule has 3 heteroatoms. The summed E-state index contributed by atoms with van der Waals surface area (Å²) in [4.78, 5) is 0. The summed E-state index contributed by atoms with van der Waals surface area (Å²) in [7, 11) is 0. The zero-order valence-corrected chi connectivity index (χ0v) is 11.7. The second-order valence-electron chi connectivity index (χ2n) is 4.97. The maximum Gasteiger partial charge on any atom is 0.0476 e. The van der Waals surface area contributed by atoms with E-state index in [1.165, 1.54) is 44.5 Å². The number of hydrogen-bond donors (Lipinski definition) is 1. The van der Waals surface area contributed by atoms with Crippen molar-refractivity contribution in [3.63, 3.8) is 0 Å². The molecule has 16 heavy (non-hydrogen) atoms. The summed E-state index contributed by atoms with van der Waals surface area (Å²) in [6.45, 7) is 8.88. The molecule has 0 aliphatic carbocycles. The summed E-state index contributed by atoms with van der Waals surface area (Å²) in [6, 6.07) is 0. The van der Waals surface area contributed by atoms with Crippen molar-refractivity contribution in [2.45, 2.75) is 44.8 Å². The zero-order chi connectivity index (χ0) is 11.6. The Kier molecular flexibility index (Phi) is 8.34. The fourth-order valence-electron chi connectivity index (χ4n) is 1.90. The van der Waals surface area contributed by atoms with E-state index >= 15 is 0 Å². The highest BCUT2D eigenvalue weighted by Crippen LogP contribution is 2.21. The monoisotopic (exact) mass is 245 g/mol. The van der Waals surface area contributed by atoms with Gasteiger partial charge in [-0.3, -0.25) is 0 Å². The SMILES string of the molecule is CC(C)CCCNCCSC1CCOCC1. The van der Waals surface area contributed by atoms with E-state index < -0.39 is 0 Å². The first-order valence-electron chi connectivity index (χ1n) is 6.69. The van der Waals surface area contributed by atoms with E-state index in [1.807, 2.05) is 0 Å². The second-order valence-corrected chi connectivity index (χ2v) is 6.38. The van der Waals surface area contributed by atoms with Crippen molar-refractivity contribution >= 4 is 11.8 Å². The van der Waals surface area contributed by atoms with Gasteiger partial charge in [0.2, 0.25) is 0 Å². The minimum Gasteiger partial charge on any atom is -0.381 e.